The van der Waals surface area contributed by atoms with Gasteiger partial charge in [-0.15, -0.1) is 0 Å². The van der Waals surface area contributed by atoms with Crippen LogP contribution in [0.25, 0.3) is 0 Å². The monoisotopic (exact) mass is 362 g/mol. The summed E-state index contributed by atoms with van der Waals surface area (Å²) in [6, 6.07) is 7.97. The summed E-state index contributed by atoms with van der Waals surface area (Å²) in [5.41, 5.74) is 2.74. The maximum atomic E-state index is 12.6. The molecule has 0 bridgehead atoms. The summed E-state index contributed by atoms with van der Waals surface area (Å²) in [5, 5.41) is 14.8. The molecule has 2 aromatic rings. The number of amides is 1. The highest BCUT2D eigenvalue weighted by Gasteiger charge is 2.25. The molecule has 1 aromatic heterocycles. The van der Waals surface area contributed by atoms with Crippen molar-refractivity contribution in [1.29, 1.82) is 0 Å². The lowest BCUT2D eigenvalue weighted by molar-refractivity contribution is -0.389. The summed E-state index contributed by atoms with van der Waals surface area (Å²) >= 11 is 5.93. The van der Waals surface area contributed by atoms with Crippen LogP contribution >= 0.6 is 11.6 Å². The lowest BCUT2D eigenvalue weighted by atomic mass is 10.0. The molecule has 0 atom stereocenters. The second-order valence-electron chi connectivity index (χ2n) is 6.08. The van der Waals surface area contributed by atoms with Crippen LogP contribution in [0.2, 0.25) is 5.02 Å². The molecule has 1 amide bonds. The van der Waals surface area contributed by atoms with Crippen molar-refractivity contribution in [3.8, 4) is 0 Å². The summed E-state index contributed by atoms with van der Waals surface area (Å²) in [7, 11) is 0. The quantitative estimate of drug-likeness (QED) is 0.602. The molecular formula is C17H19ClN4O3. The number of nitrogens with zero attached hydrogens (tertiary/aromatic N) is 4. The average molecular weight is 363 g/mol. The maximum absolute atomic E-state index is 12.6. The van der Waals surface area contributed by atoms with Crippen LogP contribution in [-0.4, -0.2) is 27.2 Å². The Labute approximate surface area is 150 Å². The maximum Gasteiger partial charge on any atom is 0.408 e. The molecule has 0 saturated heterocycles. The summed E-state index contributed by atoms with van der Waals surface area (Å²) in [6.07, 6.45) is 2.87. The smallest absolute Gasteiger partial charge is 0.358 e. The number of fused-ring (bicyclic) bond motifs is 1. The van der Waals surface area contributed by atoms with Gasteiger partial charge < -0.3 is 15.0 Å². The van der Waals surface area contributed by atoms with Crippen LogP contribution in [-0.2, 0) is 17.8 Å². The molecule has 25 heavy (non-hydrogen) atoms. The largest absolute Gasteiger partial charge is 0.408 e. The minimum absolute atomic E-state index is 0.0567. The topological polar surface area (TPSA) is 81.3 Å². The van der Waals surface area contributed by atoms with Crippen molar-refractivity contribution in [2.45, 2.75) is 39.2 Å². The zero-order valence-corrected chi connectivity index (χ0v) is 14.7. The van der Waals surface area contributed by atoms with Crippen LogP contribution in [0.1, 0.15) is 30.5 Å². The third-order valence-corrected chi connectivity index (χ3v) is 4.90. The predicted octanol–water partition coefficient (Wildman–Crippen LogP) is 3.51. The molecule has 0 radical (unpaired) electrons. The van der Waals surface area contributed by atoms with Crippen LogP contribution in [0.4, 0.5) is 11.5 Å². The zero-order valence-electron chi connectivity index (χ0n) is 13.9. The Hall–Kier alpha value is -2.41. The number of anilines is 1. The lowest BCUT2D eigenvalue weighted by Gasteiger charge is -2.29. The number of aryl methyl sites for hydroxylation is 2. The van der Waals surface area contributed by atoms with E-state index in [-0.39, 0.29) is 16.7 Å². The second-order valence-corrected chi connectivity index (χ2v) is 6.46. The number of rotatable bonds is 5. The van der Waals surface area contributed by atoms with Gasteiger partial charge in [-0.2, -0.15) is 4.68 Å². The van der Waals surface area contributed by atoms with Gasteiger partial charge in [-0.05, 0) is 42.7 Å². The number of hydrogen-bond donors (Lipinski definition) is 0. The number of carbonyl (C=O) groups excluding carboxylic acids is 1. The molecule has 2 heterocycles. The third kappa shape index (κ3) is 3.51. The number of para-hydroxylation sites is 1. The Kier molecular flexibility index (Phi) is 5.03. The number of carbonyl (C=O) groups is 1. The fraction of sp³-hybridized carbons (Fsp3) is 0.412. The first-order chi connectivity index (χ1) is 12.0. The molecule has 0 N–H and O–H groups in total. The van der Waals surface area contributed by atoms with Crippen molar-refractivity contribution in [3.63, 3.8) is 0 Å². The van der Waals surface area contributed by atoms with E-state index in [4.69, 9.17) is 11.6 Å². The molecule has 1 aliphatic rings. The van der Waals surface area contributed by atoms with Gasteiger partial charge in [0.25, 0.3) is 0 Å². The van der Waals surface area contributed by atoms with E-state index in [1.54, 1.807) is 6.92 Å². The van der Waals surface area contributed by atoms with Crippen LogP contribution in [0.15, 0.2) is 24.3 Å². The molecule has 0 spiro atoms. The third-order valence-electron chi connectivity index (χ3n) is 4.46. The SMILES string of the molecule is Cc1c(Cl)c([N+](=O)[O-])nn1CCCC(=O)N1CCCc2ccccc21. The van der Waals surface area contributed by atoms with Gasteiger partial charge in [0.2, 0.25) is 5.91 Å². The molecule has 0 saturated carbocycles. The normalized spacial score (nSPS) is 13.6. The first-order valence-electron chi connectivity index (χ1n) is 8.24. The lowest BCUT2D eigenvalue weighted by Crippen LogP contribution is -2.35. The summed E-state index contributed by atoms with van der Waals surface area (Å²) < 4.78 is 1.50. The molecule has 0 fully saturated rings. The van der Waals surface area contributed by atoms with Crippen LogP contribution in [0.5, 0.6) is 0 Å². The van der Waals surface area contributed by atoms with Gasteiger partial charge in [-0.3, -0.25) is 4.79 Å². The van der Waals surface area contributed by atoms with Crippen molar-refractivity contribution in [3.05, 3.63) is 50.7 Å². The van der Waals surface area contributed by atoms with Crippen molar-refractivity contribution >= 4 is 29.0 Å². The van der Waals surface area contributed by atoms with E-state index in [9.17, 15) is 14.9 Å². The standard InChI is InChI=1S/C17H19ClN4O3/c1-12-16(18)17(22(24)25)19-21(12)11-5-9-15(23)20-10-4-7-13-6-2-3-8-14(13)20/h2-3,6,8H,4-5,7,9-11H2,1H3. The average Bonchev–Trinajstić information content (AvgIpc) is 2.90. The number of aromatic nitrogens is 2. The molecule has 0 unspecified atom stereocenters. The van der Waals surface area contributed by atoms with Crippen LogP contribution in [0.3, 0.4) is 0 Å². The van der Waals surface area contributed by atoms with Gasteiger partial charge in [-0.25, -0.2) is 0 Å². The molecule has 132 valence electrons. The Morgan fingerprint density at radius 3 is 2.88 bits per heavy atom. The molecule has 0 aliphatic carbocycles. The van der Waals surface area contributed by atoms with E-state index in [0.29, 0.717) is 25.1 Å². The van der Waals surface area contributed by atoms with Gasteiger partial charge in [0.1, 0.15) is 0 Å². The first-order valence-corrected chi connectivity index (χ1v) is 8.62. The highest BCUT2D eigenvalue weighted by Crippen LogP contribution is 2.28. The number of hydrogen-bond acceptors (Lipinski definition) is 4. The first kappa shape index (κ1) is 17.4. The van der Waals surface area contributed by atoms with Gasteiger partial charge in [0.05, 0.1) is 17.3 Å². The summed E-state index contributed by atoms with van der Waals surface area (Å²) in [4.78, 5) is 24.7. The Balaban J connectivity index is 1.63. The number of halogens is 1. The molecular weight excluding hydrogens is 344 g/mol. The van der Waals surface area contributed by atoms with E-state index in [0.717, 1.165) is 25.1 Å². The summed E-state index contributed by atoms with van der Waals surface area (Å²) in [5.74, 6) is -0.270. The zero-order chi connectivity index (χ0) is 18.0. The second kappa shape index (κ2) is 7.23. The summed E-state index contributed by atoms with van der Waals surface area (Å²) in [6.45, 7) is 2.83. The minimum Gasteiger partial charge on any atom is -0.358 e. The molecule has 1 aliphatic heterocycles. The number of benzene rings is 1. The highest BCUT2D eigenvalue weighted by atomic mass is 35.5. The Morgan fingerprint density at radius 1 is 1.40 bits per heavy atom. The van der Waals surface area contributed by atoms with Crippen LogP contribution in [0, 0.1) is 17.0 Å². The molecule has 7 nitrogen and oxygen atoms in total. The highest BCUT2D eigenvalue weighted by molar-refractivity contribution is 6.33. The Morgan fingerprint density at radius 2 is 2.16 bits per heavy atom. The van der Waals surface area contributed by atoms with Crippen molar-refractivity contribution < 1.29 is 9.72 Å². The van der Waals surface area contributed by atoms with E-state index in [1.807, 2.05) is 23.1 Å². The van der Waals surface area contributed by atoms with E-state index >= 15 is 0 Å². The Bertz CT molecular complexity index is 818. The molecule has 3 rings (SSSR count). The van der Waals surface area contributed by atoms with Crippen molar-refractivity contribution in [2.24, 2.45) is 0 Å². The molecule has 1 aromatic carbocycles. The van der Waals surface area contributed by atoms with Gasteiger partial charge >= 0.3 is 5.82 Å². The van der Waals surface area contributed by atoms with Crippen molar-refractivity contribution in [1.82, 2.24) is 9.78 Å². The fourth-order valence-corrected chi connectivity index (χ4v) is 3.35. The van der Waals surface area contributed by atoms with E-state index < -0.39 is 4.92 Å². The van der Waals surface area contributed by atoms with Gasteiger partial charge in [-0.1, -0.05) is 29.8 Å². The van der Waals surface area contributed by atoms with Gasteiger partial charge in [0.15, 0.2) is 5.02 Å². The van der Waals surface area contributed by atoms with E-state index in [2.05, 4.69) is 11.2 Å². The molecule has 8 heteroatoms. The fourth-order valence-electron chi connectivity index (χ4n) is 3.15. The van der Waals surface area contributed by atoms with E-state index in [1.165, 1.54) is 10.2 Å². The van der Waals surface area contributed by atoms with Crippen LogP contribution < -0.4 is 4.90 Å². The minimum atomic E-state index is -0.596. The number of nitro groups is 1. The van der Waals surface area contributed by atoms with Gasteiger partial charge in [0, 0.05) is 18.7 Å². The van der Waals surface area contributed by atoms with Crippen molar-refractivity contribution in [2.75, 3.05) is 11.4 Å². The predicted molar refractivity (Wildman–Crippen MR) is 95.0 cm³/mol.